The minimum Gasteiger partial charge on any atom is -0.478 e. The zero-order valence-electron chi connectivity index (χ0n) is 17.6. The van der Waals surface area contributed by atoms with E-state index in [-0.39, 0.29) is 24.1 Å². The van der Waals surface area contributed by atoms with Crippen LogP contribution in [-0.2, 0) is 12.6 Å². The minimum atomic E-state index is -4.69. The van der Waals surface area contributed by atoms with Gasteiger partial charge in [0.1, 0.15) is 17.9 Å². The number of anilines is 1. The van der Waals surface area contributed by atoms with Crippen molar-refractivity contribution in [2.45, 2.75) is 24.1 Å². The van der Waals surface area contributed by atoms with Crippen LogP contribution in [-0.4, -0.2) is 40.5 Å². The Morgan fingerprint density at radius 1 is 1.15 bits per heavy atom. The Morgan fingerprint density at radius 2 is 1.91 bits per heavy atom. The minimum absolute atomic E-state index is 0.0868. The second-order valence-electron chi connectivity index (χ2n) is 6.88. The van der Waals surface area contributed by atoms with Gasteiger partial charge < -0.3 is 15.2 Å². The number of thioether (sulfide) groups is 1. The van der Waals surface area contributed by atoms with E-state index in [1.165, 1.54) is 24.2 Å². The molecular weight excluding hydrogens is 481 g/mol. The van der Waals surface area contributed by atoms with Crippen LogP contribution in [0.1, 0.15) is 21.5 Å². The summed E-state index contributed by atoms with van der Waals surface area (Å²) in [6, 6.07) is 8.86. The number of carboxylic acids is 1. The summed E-state index contributed by atoms with van der Waals surface area (Å²) in [5, 5.41) is 12.2. The number of alkyl halides is 5. The number of benzene rings is 2. The number of halogens is 5. The molecule has 0 aliphatic rings. The average molecular weight is 499 g/mol. The van der Waals surface area contributed by atoms with Gasteiger partial charge >= 0.3 is 18.8 Å². The lowest BCUT2D eigenvalue weighted by Gasteiger charge is -2.14. The van der Waals surface area contributed by atoms with Crippen LogP contribution < -0.4 is 10.1 Å². The predicted molar refractivity (Wildman–Crippen MR) is 116 cm³/mol. The molecule has 0 aliphatic carbocycles. The summed E-state index contributed by atoms with van der Waals surface area (Å²) >= 11 is 1.28. The van der Waals surface area contributed by atoms with Gasteiger partial charge in [-0.1, -0.05) is 12.1 Å². The van der Waals surface area contributed by atoms with Gasteiger partial charge in [-0.3, -0.25) is 0 Å². The highest BCUT2D eigenvalue weighted by Crippen LogP contribution is 2.34. The van der Waals surface area contributed by atoms with Crippen molar-refractivity contribution in [2.75, 3.05) is 18.1 Å². The zero-order valence-corrected chi connectivity index (χ0v) is 18.4. The van der Waals surface area contributed by atoms with E-state index in [4.69, 9.17) is 0 Å². The third-order valence-electron chi connectivity index (χ3n) is 4.71. The van der Waals surface area contributed by atoms with Gasteiger partial charge in [0, 0.05) is 23.1 Å². The van der Waals surface area contributed by atoms with Crippen molar-refractivity contribution in [3.8, 4) is 17.0 Å². The molecule has 0 atom stereocenters. The number of carbonyl (C=O) groups is 1. The van der Waals surface area contributed by atoms with Crippen molar-refractivity contribution in [3.05, 3.63) is 65.5 Å². The lowest BCUT2D eigenvalue weighted by atomic mass is 10.1. The van der Waals surface area contributed by atoms with Crippen LogP contribution in [0.3, 0.4) is 0 Å². The standard InChI is InChI=1S/C22H18F5N3O3S/c1-34-18-8-13(3-5-15(18)20(31)32)16-10-19(30-11-29-16)28-7-6-12-2-4-14(22(25,26)27)9-17(12)33-21(23)24/h2-5,8-11,21H,6-7H2,1H3,(H,31,32)(H,28,29,30). The molecule has 2 aromatic carbocycles. The lowest BCUT2D eigenvalue weighted by Crippen LogP contribution is -2.12. The van der Waals surface area contributed by atoms with E-state index in [1.807, 2.05) is 0 Å². The molecule has 3 rings (SSSR count). The third-order valence-corrected chi connectivity index (χ3v) is 5.48. The summed E-state index contributed by atoms with van der Waals surface area (Å²) in [6.07, 6.45) is -1.55. The third kappa shape index (κ3) is 6.34. The van der Waals surface area contributed by atoms with Crippen molar-refractivity contribution in [1.82, 2.24) is 9.97 Å². The highest BCUT2D eigenvalue weighted by molar-refractivity contribution is 7.98. The first kappa shape index (κ1) is 25.2. The second kappa shape index (κ2) is 10.7. The van der Waals surface area contributed by atoms with Crippen molar-refractivity contribution in [1.29, 1.82) is 0 Å². The summed E-state index contributed by atoms with van der Waals surface area (Å²) in [5.74, 6) is -1.20. The van der Waals surface area contributed by atoms with E-state index in [9.17, 15) is 31.9 Å². The summed E-state index contributed by atoms with van der Waals surface area (Å²) in [5.41, 5.74) is 0.431. The summed E-state index contributed by atoms with van der Waals surface area (Å²) in [6.45, 7) is -3.10. The predicted octanol–water partition coefficient (Wildman–Crippen LogP) is 5.84. The molecule has 0 saturated heterocycles. The molecule has 12 heteroatoms. The lowest BCUT2D eigenvalue weighted by molar-refractivity contribution is -0.138. The first-order chi connectivity index (χ1) is 16.1. The van der Waals surface area contributed by atoms with Gasteiger partial charge in [-0.25, -0.2) is 14.8 Å². The molecule has 0 aliphatic heterocycles. The normalized spacial score (nSPS) is 11.5. The van der Waals surface area contributed by atoms with Gasteiger partial charge in [-0.15, -0.1) is 11.8 Å². The smallest absolute Gasteiger partial charge is 0.416 e. The summed E-state index contributed by atoms with van der Waals surface area (Å²) in [7, 11) is 0. The van der Waals surface area contributed by atoms with Gasteiger partial charge in [-0.2, -0.15) is 22.0 Å². The van der Waals surface area contributed by atoms with Crippen LogP contribution in [0, 0.1) is 0 Å². The fourth-order valence-electron chi connectivity index (χ4n) is 3.11. The maximum Gasteiger partial charge on any atom is 0.416 e. The first-order valence-corrected chi connectivity index (χ1v) is 10.9. The number of carboxylic acid groups (broad SMARTS) is 1. The molecule has 6 nitrogen and oxygen atoms in total. The fraction of sp³-hybridized carbons (Fsp3) is 0.227. The molecule has 0 radical (unpaired) electrons. The number of nitrogens with zero attached hydrogens (tertiary/aromatic N) is 2. The SMILES string of the molecule is CSc1cc(-c2cc(NCCc3ccc(C(F)(F)F)cc3OC(F)F)ncn2)ccc1C(=O)O. The van der Waals surface area contributed by atoms with Crippen LogP contribution in [0.2, 0.25) is 0 Å². The van der Waals surface area contributed by atoms with E-state index in [0.717, 1.165) is 12.1 Å². The molecule has 180 valence electrons. The van der Waals surface area contributed by atoms with Crippen molar-refractivity contribution in [3.63, 3.8) is 0 Å². The van der Waals surface area contributed by atoms with Gasteiger partial charge in [0.2, 0.25) is 0 Å². The molecule has 0 spiro atoms. The first-order valence-electron chi connectivity index (χ1n) is 9.71. The number of hydrogen-bond acceptors (Lipinski definition) is 6. The van der Waals surface area contributed by atoms with E-state index >= 15 is 0 Å². The van der Waals surface area contributed by atoms with Crippen LogP contribution in [0.15, 0.2) is 53.7 Å². The summed E-state index contributed by atoms with van der Waals surface area (Å²) in [4.78, 5) is 20.1. The Hall–Kier alpha value is -3.41. The van der Waals surface area contributed by atoms with E-state index in [0.29, 0.717) is 28.0 Å². The zero-order chi connectivity index (χ0) is 24.9. The molecule has 1 aromatic heterocycles. The van der Waals surface area contributed by atoms with E-state index < -0.39 is 30.1 Å². The van der Waals surface area contributed by atoms with Crippen molar-refractivity contribution < 1.29 is 36.6 Å². The molecule has 0 bridgehead atoms. The molecule has 3 aromatic rings. The van der Waals surface area contributed by atoms with Gasteiger partial charge in [0.25, 0.3) is 0 Å². The largest absolute Gasteiger partial charge is 0.478 e. The highest BCUT2D eigenvalue weighted by atomic mass is 32.2. The maximum absolute atomic E-state index is 12.9. The van der Waals surface area contributed by atoms with Gasteiger partial charge in [0.05, 0.1) is 16.8 Å². The summed E-state index contributed by atoms with van der Waals surface area (Å²) < 4.78 is 68.3. The number of hydrogen-bond donors (Lipinski definition) is 2. The number of nitrogens with one attached hydrogen (secondary N) is 1. The molecular formula is C22H18F5N3O3S. The average Bonchev–Trinajstić information content (AvgIpc) is 2.78. The van der Waals surface area contributed by atoms with Crippen LogP contribution in [0.5, 0.6) is 5.75 Å². The quantitative estimate of drug-likeness (QED) is 0.283. The number of aromatic carboxylic acids is 1. The van der Waals surface area contributed by atoms with Gasteiger partial charge in [-0.05, 0) is 42.5 Å². The Bertz CT molecular complexity index is 1170. The molecule has 0 amide bonds. The van der Waals surface area contributed by atoms with Crippen molar-refractivity contribution in [2.24, 2.45) is 0 Å². The highest BCUT2D eigenvalue weighted by Gasteiger charge is 2.31. The molecule has 0 fully saturated rings. The number of ether oxygens (including phenoxy) is 1. The molecule has 2 N–H and O–H groups in total. The van der Waals surface area contributed by atoms with E-state index in [1.54, 1.807) is 24.5 Å². The monoisotopic (exact) mass is 499 g/mol. The number of rotatable bonds is 9. The molecule has 0 saturated carbocycles. The van der Waals surface area contributed by atoms with Crippen LogP contribution in [0.4, 0.5) is 27.8 Å². The molecule has 34 heavy (non-hydrogen) atoms. The Kier molecular flexibility index (Phi) is 7.92. The fourth-order valence-corrected chi connectivity index (χ4v) is 3.73. The van der Waals surface area contributed by atoms with Gasteiger partial charge in [0.15, 0.2) is 0 Å². The number of aromatic nitrogens is 2. The van der Waals surface area contributed by atoms with Crippen molar-refractivity contribution >= 4 is 23.5 Å². The molecule has 0 unspecified atom stereocenters. The Balaban J connectivity index is 1.74. The topological polar surface area (TPSA) is 84.3 Å². The van der Waals surface area contributed by atoms with Crippen LogP contribution >= 0.6 is 11.8 Å². The Labute approximate surface area is 195 Å². The Morgan fingerprint density at radius 3 is 2.56 bits per heavy atom. The molecule has 1 heterocycles. The maximum atomic E-state index is 12.9. The van der Waals surface area contributed by atoms with Crippen LogP contribution in [0.25, 0.3) is 11.3 Å². The second-order valence-corrected chi connectivity index (χ2v) is 7.73. The van der Waals surface area contributed by atoms with E-state index in [2.05, 4.69) is 20.0 Å².